The van der Waals surface area contributed by atoms with Crippen LogP contribution in [0.2, 0.25) is 0 Å². The van der Waals surface area contributed by atoms with Crippen LogP contribution in [0.5, 0.6) is 0 Å². The van der Waals surface area contributed by atoms with Gasteiger partial charge in [-0.05, 0) is 66.3 Å². The van der Waals surface area contributed by atoms with Gasteiger partial charge >= 0.3 is 0 Å². The van der Waals surface area contributed by atoms with Crippen LogP contribution in [0, 0.1) is 5.92 Å². The molecule has 1 N–H and O–H groups in total. The molecule has 1 amide bonds. The number of nitrogens with zero attached hydrogens (tertiary/aromatic N) is 1. The molecule has 0 aromatic heterocycles. The number of benzene rings is 1. The van der Waals surface area contributed by atoms with Crippen LogP contribution in [0.15, 0.2) is 28.7 Å². The van der Waals surface area contributed by atoms with Crippen molar-refractivity contribution in [2.45, 2.75) is 19.3 Å². The van der Waals surface area contributed by atoms with Crippen molar-refractivity contribution in [3.8, 4) is 0 Å². The maximum Gasteiger partial charge on any atom is 0.254 e. The minimum Gasteiger partial charge on any atom is -0.342 e. The summed E-state index contributed by atoms with van der Waals surface area (Å²) >= 11 is 3.44. The van der Waals surface area contributed by atoms with Crippen LogP contribution in [0.25, 0.3) is 0 Å². The molecule has 2 rings (SSSR count). The molecule has 1 fully saturated rings. The van der Waals surface area contributed by atoms with Crippen LogP contribution in [0.4, 0.5) is 0 Å². The molecule has 19 heavy (non-hydrogen) atoms. The number of piperidine rings is 1. The number of halogens is 1. The van der Waals surface area contributed by atoms with Crippen molar-refractivity contribution in [3.05, 3.63) is 34.3 Å². The highest BCUT2D eigenvalue weighted by atomic mass is 79.9. The van der Waals surface area contributed by atoms with Crippen molar-refractivity contribution in [2.75, 3.05) is 26.7 Å². The summed E-state index contributed by atoms with van der Waals surface area (Å²) in [5.74, 6) is 0.858. The lowest BCUT2D eigenvalue weighted by Crippen LogP contribution is -2.32. The second-order valence-corrected chi connectivity index (χ2v) is 6.04. The Kier molecular flexibility index (Phi) is 5.40. The van der Waals surface area contributed by atoms with E-state index in [9.17, 15) is 4.79 Å². The quantitative estimate of drug-likeness (QED) is 0.923. The predicted molar refractivity (Wildman–Crippen MR) is 81.3 cm³/mol. The van der Waals surface area contributed by atoms with E-state index in [0.29, 0.717) is 0 Å². The van der Waals surface area contributed by atoms with Crippen LogP contribution >= 0.6 is 15.9 Å². The number of carbonyl (C=O) groups is 1. The first-order valence-electron chi connectivity index (χ1n) is 6.89. The maximum absolute atomic E-state index is 12.3. The smallest absolute Gasteiger partial charge is 0.254 e. The Morgan fingerprint density at radius 3 is 2.74 bits per heavy atom. The van der Waals surface area contributed by atoms with Crippen molar-refractivity contribution in [3.63, 3.8) is 0 Å². The molecule has 1 aliphatic rings. The summed E-state index contributed by atoms with van der Waals surface area (Å²) in [6, 6.07) is 7.61. The lowest BCUT2D eigenvalue weighted by atomic mass is 9.94. The largest absolute Gasteiger partial charge is 0.342 e. The molecule has 0 spiro atoms. The number of carbonyl (C=O) groups excluding carboxylic acids is 1. The van der Waals surface area contributed by atoms with Crippen LogP contribution < -0.4 is 5.32 Å². The van der Waals surface area contributed by atoms with Gasteiger partial charge < -0.3 is 10.2 Å². The Hall–Kier alpha value is -0.870. The monoisotopic (exact) mass is 324 g/mol. The lowest BCUT2D eigenvalue weighted by Gasteiger charge is -2.25. The van der Waals surface area contributed by atoms with E-state index in [2.05, 4.69) is 21.2 Å². The second kappa shape index (κ2) is 7.06. The van der Waals surface area contributed by atoms with Gasteiger partial charge in [0.2, 0.25) is 0 Å². The zero-order valence-electron chi connectivity index (χ0n) is 11.4. The van der Waals surface area contributed by atoms with E-state index in [-0.39, 0.29) is 5.91 Å². The van der Waals surface area contributed by atoms with E-state index in [4.69, 9.17) is 0 Å². The van der Waals surface area contributed by atoms with Crippen molar-refractivity contribution < 1.29 is 4.79 Å². The van der Waals surface area contributed by atoms with E-state index >= 15 is 0 Å². The molecule has 0 bridgehead atoms. The average molecular weight is 325 g/mol. The van der Waals surface area contributed by atoms with Gasteiger partial charge in [-0.1, -0.05) is 12.1 Å². The summed E-state index contributed by atoms with van der Waals surface area (Å²) in [6.45, 7) is 3.07. The summed E-state index contributed by atoms with van der Waals surface area (Å²) in [4.78, 5) is 14.2. The van der Waals surface area contributed by atoms with Crippen molar-refractivity contribution >= 4 is 21.8 Å². The summed E-state index contributed by atoms with van der Waals surface area (Å²) in [5, 5.41) is 3.37. The molecular formula is C15H21BrN2O. The number of rotatable bonds is 4. The summed E-state index contributed by atoms with van der Waals surface area (Å²) in [7, 11) is 1.89. The fourth-order valence-electron chi connectivity index (χ4n) is 2.49. The number of hydrogen-bond donors (Lipinski definition) is 1. The first kappa shape index (κ1) is 14.5. The number of nitrogens with one attached hydrogen (secondary N) is 1. The summed E-state index contributed by atoms with van der Waals surface area (Å²) < 4.78 is 0.869. The normalized spacial score (nSPS) is 16.3. The standard InChI is InChI=1S/C15H21BrN2O/c1-18(11-8-12-6-9-17-10-7-12)15(19)13-4-2-3-5-14(13)16/h2-5,12,17H,6-11H2,1H3. The van der Waals surface area contributed by atoms with Crippen molar-refractivity contribution in [2.24, 2.45) is 5.92 Å². The van der Waals surface area contributed by atoms with Crippen molar-refractivity contribution in [1.29, 1.82) is 0 Å². The van der Waals surface area contributed by atoms with Crippen LogP contribution in [-0.2, 0) is 0 Å². The van der Waals surface area contributed by atoms with E-state index < -0.39 is 0 Å². The maximum atomic E-state index is 12.3. The van der Waals surface area contributed by atoms with Crippen molar-refractivity contribution in [1.82, 2.24) is 10.2 Å². The van der Waals surface area contributed by atoms with Gasteiger partial charge in [-0.2, -0.15) is 0 Å². The molecule has 0 atom stereocenters. The van der Waals surface area contributed by atoms with E-state index in [1.54, 1.807) is 0 Å². The Morgan fingerprint density at radius 2 is 2.05 bits per heavy atom. The van der Waals surface area contributed by atoms with Gasteiger partial charge in [-0.15, -0.1) is 0 Å². The number of hydrogen-bond acceptors (Lipinski definition) is 2. The molecule has 1 aliphatic heterocycles. The molecule has 1 aromatic carbocycles. The van der Waals surface area contributed by atoms with Gasteiger partial charge in [0.25, 0.3) is 5.91 Å². The first-order valence-corrected chi connectivity index (χ1v) is 7.68. The highest BCUT2D eigenvalue weighted by molar-refractivity contribution is 9.10. The third-order valence-corrected chi connectivity index (χ3v) is 4.47. The molecule has 0 saturated carbocycles. The van der Waals surface area contributed by atoms with Gasteiger partial charge in [0.15, 0.2) is 0 Å². The third-order valence-electron chi connectivity index (χ3n) is 3.78. The molecule has 1 aromatic rings. The molecule has 4 heteroatoms. The lowest BCUT2D eigenvalue weighted by molar-refractivity contribution is 0.0783. The fraction of sp³-hybridized carbons (Fsp3) is 0.533. The third kappa shape index (κ3) is 4.05. The molecule has 1 heterocycles. The van der Waals surface area contributed by atoms with Crippen LogP contribution in [-0.4, -0.2) is 37.5 Å². The molecule has 104 valence electrons. The molecular weight excluding hydrogens is 304 g/mol. The first-order chi connectivity index (χ1) is 9.18. The van der Waals surface area contributed by atoms with Gasteiger partial charge in [-0.3, -0.25) is 4.79 Å². The Labute approximate surface area is 123 Å². The van der Waals surface area contributed by atoms with Crippen LogP contribution in [0.1, 0.15) is 29.6 Å². The highest BCUT2D eigenvalue weighted by Crippen LogP contribution is 2.19. The van der Waals surface area contributed by atoms with Gasteiger partial charge in [0, 0.05) is 18.1 Å². The molecule has 0 aliphatic carbocycles. The Morgan fingerprint density at radius 1 is 1.37 bits per heavy atom. The van der Waals surface area contributed by atoms with Gasteiger partial charge in [0.05, 0.1) is 5.56 Å². The number of amides is 1. The zero-order valence-corrected chi connectivity index (χ0v) is 12.9. The van der Waals surface area contributed by atoms with E-state index in [1.807, 2.05) is 36.2 Å². The topological polar surface area (TPSA) is 32.3 Å². The van der Waals surface area contributed by atoms with E-state index in [0.717, 1.165) is 42.0 Å². The Balaban J connectivity index is 1.87. The Bertz CT molecular complexity index is 430. The van der Waals surface area contributed by atoms with Gasteiger partial charge in [0.1, 0.15) is 0 Å². The van der Waals surface area contributed by atoms with Crippen LogP contribution in [0.3, 0.4) is 0 Å². The predicted octanol–water partition coefficient (Wildman–Crippen LogP) is 2.91. The minimum absolute atomic E-state index is 0.0985. The highest BCUT2D eigenvalue weighted by Gasteiger charge is 2.17. The summed E-state index contributed by atoms with van der Waals surface area (Å²) in [6.07, 6.45) is 3.57. The molecule has 3 nitrogen and oxygen atoms in total. The second-order valence-electron chi connectivity index (χ2n) is 5.19. The average Bonchev–Trinajstić information content (AvgIpc) is 2.45. The van der Waals surface area contributed by atoms with E-state index in [1.165, 1.54) is 12.8 Å². The minimum atomic E-state index is 0.0985. The molecule has 1 saturated heterocycles. The molecule has 0 unspecified atom stereocenters. The molecule has 0 radical (unpaired) electrons. The summed E-state index contributed by atoms with van der Waals surface area (Å²) in [5.41, 5.74) is 0.746. The SMILES string of the molecule is CN(CCC1CCNCC1)C(=O)c1ccccc1Br. The fourth-order valence-corrected chi connectivity index (χ4v) is 2.94. The van der Waals surface area contributed by atoms with Gasteiger partial charge in [-0.25, -0.2) is 0 Å². The zero-order chi connectivity index (χ0) is 13.7.